The van der Waals surface area contributed by atoms with E-state index in [0.717, 1.165) is 38.7 Å². The summed E-state index contributed by atoms with van der Waals surface area (Å²) in [6, 6.07) is 0.172. The molecule has 0 aromatic rings. The number of rotatable bonds is 4. The van der Waals surface area contributed by atoms with Crippen molar-refractivity contribution in [1.82, 2.24) is 16.0 Å². The van der Waals surface area contributed by atoms with Gasteiger partial charge < -0.3 is 20.7 Å². The van der Waals surface area contributed by atoms with E-state index in [-0.39, 0.29) is 23.2 Å². The zero-order valence-electron chi connectivity index (χ0n) is 13.9. The highest BCUT2D eigenvalue weighted by molar-refractivity contribution is 5.74. The van der Waals surface area contributed by atoms with Gasteiger partial charge >= 0.3 is 6.03 Å². The lowest BCUT2D eigenvalue weighted by Gasteiger charge is -2.46. The number of amides is 2. The number of hydrogen-bond acceptors (Lipinski definition) is 3. The molecule has 122 valence electrons. The monoisotopic (exact) mass is 297 g/mol. The average molecular weight is 297 g/mol. The molecule has 5 nitrogen and oxygen atoms in total. The normalized spacial score (nSPS) is 28.3. The Morgan fingerprint density at radius 2 is 1.90 bits per heavy atom. The molecule has 0 bridgehead atoms. The van der Waals surface area contributed by atoms with Crippen molar-refractivity contribution in [2.45, 2.75) is 83.0 Å². The van der Waals surface area contributed by atoms with Gasteiger partial charge in [-0.1, -0.05) is 0 Å². The zero-order chi connectivity index (χ0) is 15.5. The van der Waals surface area contributed by atoms with Gasteiger partial charge in [0.1, 0.15) is 0 Å². The van der Waals surface area contributed by atoms with Crippen LogP contribution in [0.5, 0.6) is 0 Å². The Balaban J connectivity index is 1.71. The lowest BCUT2D eigenvalue weighted by atomic mass is 9.80. The number of ether oxygens (including phenoxy) is 1. The third-order valence-electron chi connectivity index (χ3n) is 4.30. The highest BCUT2D eigenvalue weighted by Crippen LogP contribution is 2.28. The van der Waals surface area contributed by atoms with Gasteiger partial charge in [0.15, 0.2) is 0 Å². The summed E-state index contributed by atoms with van der Waals surface area (Å²) in [5.41, 5.74) is 0.106. The summed E-state index contributed by atoms with van der Waals surface area (Å²) in [6.07, 6.45) is 5.43. The summed E-state index contributed by atoms with van der Waals surface area (Å²) in [6.45, 7) is 10.3. The molecule has 0 saturated carbocycles. The number of carbonyl (C=O) groups is 1. The molecule has 2 heterocycles. The van der Waals surface area contributed by atoms with Crippen molar-refractivity contribution in [2.24, 2.45) is 0 Å². The highest BCUT2D eigenvalue weighted by atomic mass is 16.5. The molecule has 0 aliphatic carbocycles. The van der Waals surface area contributed by atoms with Crippen LogP contribution in [0.2, 0.25) is 0 Å². The molecule has 0 radical (unpaired) electrons. The first kappa shape index (κ1) is 16.6. The molecule has 0 spiro atoms. The van der Waals surface area contributed by atoms with Crippen LogP contribution in [-0.4, -0.2) is 42.4 Å². The van der Waals surface area contributed by atoms with E-state index in [9.17, 15) is 4.79 Å². The fourth-order valence-electron chi connectivity index (χ4n) is 3.88. The van der Waals surface area contributed by atoms with Crippen molar-refractivity contribution < 1.29 is 9.53 Å². The van der Waals surface area contributed by atoms with Gasteiger partial charge in [-0.05, 0) is 59.8 Å². The van der Waals surface area contributed by atoms with E-state index in [1.165, 1.54) is 0 Å². The number of carbonyl (C=O) groups excluding carboxylic acids is 1. The number of piperidine rings is 1. The van der Waals surface area contributed by atoms with Gasteiger partial charge in [0.05, 0.1) is 6.10 Å². The van der Waals surface area contributed by atoms with Gasteiger partial charge in [-0.2, -0.15) is 0 Å². The van der Waals surface area contributed by atoms with Crippen LogP contribution in [0.25, 0.3) is 0 Å². The Kier molecular flexibility index (Phi) is 5.15. The van der Waals surface area contributed by atoms with Crippen LogP contribution in [0, 0.1) is 0 Å². The van der Waals surface area contributed by atoms with Crippen LogP contribution < -0.4 is 16.0 Å². The quantitative estimate of drug-likeness (QED) is 0.745. The van der Waals surface area contributed by atoms with Crippen molar-refractivity contribution in [1.29, 1.82) is 0 Å². The second-order valence-electron chi connectivity index (χ2n) is 7.82. The van der Waals surface area contributed by atoms with E-state index in [4.69, 9.17) is 4.74 Å². The van der Waals surface area contributed by atoms with E-state index in [1.54, 1.807) is 0 Å². The van der Waals surface area contributed by atoms with Crippen molar-refractivity contribution >= 4 is 6.03 Å². The summed E-state index contributed by atoms with van der Waals surface area (Å²) >= 11 is 0. The molecule has 21 heavy (non-hydrogen) atoms. The molecular weight excluding hydrogens is 266 g/mol. The lowest BCUT2D eigenvalue weighted by molar-refractivity contribution is 0.104. The Labute approximate surface area is 128 Å². The van der Waals surface area contributed by atoms with Gasteiger partial charge in [-0.3, -0.25) is 0 Å². The van der Waals surface area contributed by atoms with Crippen molar-refractivity contribution in [2.75, 3.05) is 13.2 Å². The highest BCUT2D eigenvalue weighted by Gasteiger charge is 2.38. The first-order chi connectivity index (χ1) is 9.76. The predicted octanol–water partition coefficient (Wildman–Crippen LogP) is 2.16. The predicted molar refractivity (Wildman–Crippen MR) is 84.4 cm³/mol. The largest absolute Gasteiger partial charge is 0.378 e. The molecule has 2 amide bonds. The molecule has 2 saturated heterocycles. The molecule has 1 atom stereocenters. The Morgan fingerprint density at radius 1 is 1.24 bits per heavy atom. The second kappa shape index (κ2) is 6.53. The first-order valence-electron chi connectivity index (χ1n) is 8.21. The third-order valence-corrected chi connectivity index (χ3v) is 4.30. The van der Waals surface area contributed by atoms with Crippen molar-refractivity contribution in [3.8, 4) is 0 Å². The smallest absolute Gasteiger partial charge is 0.315 e. The van der Waals surface area contributed by atoms with E-state index < -0.39 is 0 Å². The molecule has 2 aliphatic rings. The molecule has 0 unspecified atom stereocenters. The summed E-state index contributed by atoms with van der Waals surface area (Å²) in [7, 11) is 0. The van der Waals surface area contributed by atoms with E-state index in [2.05, 4.69) is 43.6 Å². The van der Waals surface area contributed by atoms with Crippen molar-refractivity contribution in [3.63, 3.8) is 0 Å². The fourth-order valence-corrected chi connectivity index (χ4v) is 3.88. The molecule has 2 aliphatic heterocycles. The summed E-state index contributed by atoms with van der Waals surface area (Å²) in [5, 5.41) is 9.71. The molecule has 0 aromatic carbocycles. The van der Waals surface area contributed by atoms with Gasteiger partial charge in [-0.25, -0.2) is 4.79 Å². The number of hydrogen-bond donors (Lipinski definition) is 3. The average Bonchev–Trinajstić information content (AvgIpc) is 2.77. The minimum atomic E-state index is -0.0495. The molecule has 5 heteroatoms. The Bertz CT molecular complexity index is 347. The second-order valence-corrected chi connectivity index (χ2v) is 7.82. The topological polar surface area (TPSA) is 62.4 Å². The van der Waals surface area contributed by atoms with Gasteiger partial charge in [-0.15, -0.1) is 0 Å². The molecule has 0 aromatic heterocycles. The maximum absolute atomic E-state index is 12.0. The zero-order valence-corrected chi connectivity index (χ0v) is 13.9. The van der Waals surface area contributed by atoms with Crippen LogP contribution in [0.15, 0.2) is 0 Å². The summed E-state index contributed by atoms with van der Waals surface area (Å²) in [5.74, 6) is 0. The van der Waals surface area contributed by atoms with Crippen LogP contribution in [0.1, 0.15) is 59.8 Å². The number of nitrogens with one attached hydrogen (secondary N) is 3. The molecule has 2 fully saturated rings. The lowest BCUT2D eigenvalue weighted by Crippen LogP contribution is -2.62. The number of urea groups is 1. The van der Waals surface area contributed by atoms with E-state index in [0.29, 0.717) is 12.6 Å². The van der Waals surface area contributed by atoms with E-state index >= 15 is 0 Å². The van der Waals surface area contributed by atoms with Gasteiger partial charge in [0, 0.05) is 30.3 Å². The van der Waals surface area contributed by atoms with Gasteiger partial charge in [0.2, 0.25) is 0 Å². The Hall–Kier alpha value is -0.810. The fraction of sp³-hybridized carbons (Fsp3) is 0.938. The maximum Gasteiger partial charge on any atom is 0.315 e. The Morgan fingerprint density at radius 3 is 2.48 bits per heavy atom. The summed E-state index contributed by atoms with van der Waals surface area (Å²) < 4.78 is 5.56. The minimum Gasteiger partial charge on any atom is -0.378 e. The van der Waals surface area contributed by atoms with E-state index in [1.807, 2.05) is 0 Å². The standard InChI is InChI=1S/C16H31N3O2/c1-15(2)10-12(11-16(3,4)19-15)18-14(20)17-8-7-13-6-5-9-21-13/h12-13,19H,5-11H2,1-4H3,(H2,17,18,20)/t13-/m1/s1. The maximum atomic E-state index is 12.0. The van der Waals surface area contributed by atoms with Crippen LogP contribution >= 0.6 is 0 Å². The molecule has 3 N–H and O–H groups in total. The minimum absolute atomic E-state index is 0.0495. The molecule has 2 rings (SSSR count). The summed E-state index contributed by atoms with van der Waals surface area (Å²) in [4.78, 5) is 12.0. The van der Waals surface area contributed by atoms with Crippen LogP contribution in [0.3, 0.4) is 0 Å². The van der Waals surface area contributed by atoms with Gasteiger partial charge in [0.25, 0.3) is 0 Å². The third kappa shape index (κ3) is 5.47. The molecular formula is C16H31N3O2. The van der Waals surface area contributed by atoms with Crippen molar-refractivity contribution in [3.05, 3.63) is 0 Å². The van der Waals surface area contributed by atoms with Crippen LogP contribution in [-0.2, 0) is 4.74 Å². The first-order valence-corrected chi connectivity index (χ1v) is 8.21. The SMILES string of the molecule is CC1(C)CC(NC(=O)NCC[C@H]2CCCO2)CC(C)(C)N1. The van der Waals surface area contributed by atoms with Crippen LogP contribution in [0.4, 0.5) is 4.79 Å².